The van der Waals surface area contributed by atoms with Crippen LogP contribution in [0.15, 0.2) is 18.2 Å². The lowest BCUT2D eigenvalue weighted by Crippen LogP contribution is -2.27. The first-order valence-corrected chi connectivity index (χ1v) is 8.49. The molecule has 0 spiro atoms. The molecule has 0 atom stereocenters. The molecular formula is C16H23NO4S. The summed E-state index contributed by atoms with van der Waals surface area (Å²) in [6, 6.07) is 5.32. The van der Waals surface area contributed by atoms with Crippen LogP contribution in [-0.2, 0) is 4.74 Å². The molecule has 1 saturated heterocycles. The van der Waals surface area contributed by atoms with Crippen LogP contribution in [0.1, 0.15) is 23.2 Å². The predicted molar refractivity (Wildman–Crippen MR) is 88.2 cm³/mol. The Labute approximate surface area is 135 Å². The number of carbonyl (C=O) groups excluding carboxylic acids is 1. The highest BCUT2D eigenvalue weighted by atomic mass is 32.2. The minimum atomic E-state index is -0.165. The Kier molecular flexibility index (Phi) is 6.86. The Morgan fingerprint density at radius 1 is 1.27 bits per heavy atom. The lowest BCUT2D eigenvalue weighted by molar-refractivity contribution is 0.0949. The second-order valence-corrected chi connectivity index (χ2v) is 6.38. The zero-order valence-electron chi connectivity index (χ0n) is 13.1. The number of hydrogen-bond donors (Lipinski definition) is 1. The first-order chi connectivity index (χ1) is 10.8. The first kappa shape index (κ1) is 17.0. The summed E-state index contributed by atoms with van der Waals surface area (Å²) in [5.41, 5.74) is 0.448. The van der Waals surface area contributed by atoms with E-state index >= 15 is 0 Å². The van der Waals surface area contributed by atoms with Crippen molar-refractivity contribution in [3.05, 3.63) is 23.8 Å². The zero-order valence-corrected chi connectivity index (χ0v) is 13.9. The third-order valence-electron chi connectivity index (χ3n) is 3.56. The highest BCUT2D eigenvalue weighted by Gasteiger charge is 2.18. The van der Waals surface area contributed by atoms with Crippen LogP contribution in [-0.4, -0.2) is 50.9 Å². The molecule has 1 amide bonds. The molecule has 1 fully saturated rings. The molecule has 1 aromatic rings. The number of hydrogen-bond acceptors (Lipinski definition) is 5. The summed E-state index contributed by atoms with van der Waals surface area (Å²) in [5.74, 6) is 1.78. The van der Waals surface area contributed by atoms with E-state index in [1.54, 1.807) is 32.4 Å². The van der Waals surface area contributed by atoms with E-state index in [0.717, 1.165) is 31.8 Å². The van der Waals surface area contributed by atoms with Crippen molar-refractivity contribution >= 4 is 17.7 Å². The number of methoxy groups -OCH3 is 2. The van der Waals surface area contributed by atoms with E-state index in [4.69, 9.17) is 14.2 Å². The third-order valence-corrected chi connectivity index (χ3v) is 4.95. The molecule has 6 heteroatoms. The van der Waals surface area contributed by atoms with Gasteiger partial charge in [-0.2, -0.15) is 11.8 Å². The fraction of sp³-hybridized carbons (Fsp3) is 0.562. The average molecular weight is 325 g/mol. The molecule has 0 radical (unpaired) electrons. The molecular weight excluding hydrogens is 302 g/mol. The van der Waals surface area contributed by atoms with Gasteiger partial charge >= 0.3 is 0 Å². The summed E-state index contributed by atoms with van der Waals surface area (Å²) in [5, 5.41) is 3.58. The van der Waals surface area contributed by atoms with Gasteiger partial charge in [0, 0.05) is 30.8 Å². The van der Waals surface area contributed by atoms with Gasteiger partial charge < -0.3 is 19.5 Å². The summed E-state index contributed by atoms with van der Waals surface area (Å²) in [4.78, 5) is 12.4. The van der Waals surface area contributed by atoms with Crippen LogP contribution in [0.2, 0.25) is 0 Å². The van der Waals surface area contributed by atoms with Gasteiger partial charge in [0.1, 0.15) is 17.1 Å². The lowest BCUT2D eigenvalue weighted by atomic mass is 10.1. The topological polar surface area (TPSA) is 56.8 Å². The number of rotatable bonds is 7. The minimum Gasteiger partial charge on any atom is -0.496 e. The second kappa shape index (κ2) is 8.90. The molecule has 0 bridgehead atoms. The fourth-order valence-electron chi connectivity index (χ4n) is 2.40. The number of nitrogens with one attached hydrogen (secondary N) is 1. The molecule has 1 aliphatic heterocycles. The van der Waals surface area contributed by atoms with Gasteiger partial charge in [0.15, 0.2) is 0 Å². The van der Waals surface area contributed by atoms with Crippen LogP contribution in [0, 0.1) is 0 Å². The summed E-state index contributed by atoms with van der Waals surface area (Å²) < 4.78 is 15.8. The summed E-state index contributed by atoms with van der Waals surface area (Å²) in [7, 11) is 3.10. The Morgan fingerprint density at radius 3 is 2.50 bits per heavy atom. The van der Waals surface area contributed by atoms with Crippen molar-refractivity contribution in [2.24, 2.45) is 0 Å². The minimum absolute atomic E-state index is 0.165. The number of benzene rings is 1. The van der Waals surface area contributed by atoms with Crippen molar-refractivity contribution in [1.29, 1.82) is 0 Å². The van der Waals surface area contributed by atoms with Crippen LogP contribution in [0.3, 0.4) is 0 Å². The standard InChI is InChI=1S/C16H23NO4S/c1-19-13-4-3-5-14(20-2)15(13)16(18)17-8-11-22-12-6-9-21-10-7-12/h3-5,12H,6-11H2,1-2H3,(H,17,18). The molecule has 2 rings (SSSR count). The quantitative estimate of drug-likeness (QED) is 0.780. The monoisotopic (exact) mass is 325 g/mol. The van der Waals surface area contributed by atoms with Crippen molar-refractivity contribution in [2.75, 3.05) is 39.7 Å². The lowest BCUT2D eigenvalue weighted by Gasteiger charge is -2.21. The Morgan fingerprint density at radius 2 is 1.91 bits per heavy atom. The van der Waals surface area contributed by atoms with Crippen molar-refractivity contribution in [2.45, 2.75) is 18.1 Å². The van der Waals surface area contributed by atoms with Crippen molar-refractivity contribution in [1.82, 2.24) is 5.32 Å². The molecule has 0 aromatic heterocycles. The van der Waals surface area contributed by atoms with E-state index in [2.05, 4.69) is 5.32 Å². The average Bonchev–Trinajstić information content (AvgIpc) is 2.58. The molecule has 1 aliphatic rings. The van der Waals surface area contributed by atoms with Crippen molar-refractivity contribution in [3.8, 4) is 11.5 Å². The van der Waals surface area contributed by atoms with Gasteiger partial charge in [-0.1, -0.05) is 6.07 Å². The maximum Gasteiger partial charge on any atom is 0.258 e. The smallest absolute Gasteiger partial charge is 0.258 e. The number of thioether (sulfide) groups is 1. The molecule has 122 valence electrons. The van der Waals surface area contributed by atoms with Gasteiger partial charge in [0.2, 0.25) is 0 Å². The molecule has 0 aliphatic carbocycles. The number of amides is 1. The van der Waals surface area contributed by atoms with Crippen LogP contribution >= 0.6 is 11.8 Å². The Balaban J connectivity index is 1.84. The van der Waals surface area contributed by atoms with E-state index < -0.39 is 0 Å². The molecule has 1 aromatic carbocycles. The summed E-state index contributed by atoms with van der Waals surface area (Å²) >= 11 is 1.90. The largest absolute Gasteiger partial charge is 0.496 e. The molecule has 5 nitrogen and oxygen atoms in total. The molecule has 0 saturated carbocycles. The number of carbonyl (C=O) groups is 1. The van der Waals surface area contributed by atoms with Gasteiger partial charge in [-0.05, 0) is 25.0 Å². The van der Waals surface area contributed by atoms with E-state index in [-0.39, 0.29) is 5.91 Å². The second-order valence-electron chi connectivity index (χ2n) is 4.98. The maximum absolute atomic E-state index is 12.4. The Hall–Kier alpha value is -1.40. The van der Waals surface area contributed by atoms with Crippen molar-refractivity contribution < 1.29 is 19.0 Å². The SMILES string of the molecule is COc1cccc(OC)c1C(=O)NCCSC1CCOCC1. The van der Waals surface area contributed by atoms with Crippen LogP contribution in [0.25, 0.3) is 0 Å². The zero-order chi connectivity index (χ0) is 15.8. The normalized spacial score (nSPS) is 15.4. The molecule has 1 heterocycles. The van der Waals surface area contributed by atoms with E-state index in [9.17, 15) is 4.79 Å². The third kappa shape index (κ3) is 4.55. The van der Waals surface area contributed by atoms with Crippen molar-refractivity contribution in [3.63, 3.8) is 0 Å². The summed E-state index contributed by atoms with van der Waals surface area (Å²) in [6.45, 7) is 2.33. The van der Waals surface area contributed by atoms with Crippen LogP contribution in [0.4, 0.5) is 0 Å². The molecule has 1 N–H and O–H groups in total. The van der Waals surface area contributed by atoms with Crippen LogP contribution in [0.5, 0.6) is 11.5 Å². The first-order valence-electron chi connectivity index (χ1n) is 7.44. The highest BCUT2D eigenvalue weighted by molar-refractivity contribution is 7.99. The maximum atomic E-state index is 12.4. The van der Waals surface area contributed by atoms with Gasteiger partial charge in [0.05, 0.1) is 14.2 Å². The van der Waals surface area contributed by atoms with Gasteiger partial charge in [0.25, 0.3) is 5.91 Å². The fourth-order valence-corrected chi connectivity index (χ4v) is 3.48. The summed E-state index contributed by atoms with van der Waals surface area (Å²) in [6.07, 6.45) is 2.19. The van der Waals surface area contributed by atoms with Crippen LogP contribution < -0.4 is 14.8 Å². The van der Waals surface area contributed by atoms with E-state index in [0.29, 0.717) is 28.9 Å². The van der Waals surface area contributed by atoms with E-state index in [1.807, 2.05) is 11.8 Å². The molecule has 22 heavy (non-hydrogen) atoms. The predicted octanol–water partition coefficient (Wildman–Crippen LogP) is 2.35. The number of ether oxygens (including phenoxy) is 3. The van der Waals surface area contributed by atoms with E-state index in [1.165, 1.54) is 0 Å². The van der Waals surface area contributed by atoms with Gasteiger partial charge in [-0.3, -0.25) is 4.79 Å². The Bertz CT molecular complexity index is 467. The van der Waals surface area contributed by atoms with Gasteiger partial charge in [-0.25, -0.2) is 0 Å². The highest BCUT2D eigenvalue weighted by Crippen LogP contribution is 2.28. The van der Waals surface area contributed by atoms with Gasteiger partial charge in [-0.15, -0.1) is 0 Å². The molecule has 0 unspecified atom stereocenters.